The first-order chi connectivity index (χ1) is 8.53. The summed E-state index contributed by atoms with van der Waals surface area (Å²) in [6, 6.07) is -0.701. The van der Waals surface area contributed by atoms with Gasteiger partial charge in [0.2, 0.25) is 12.3 Å². The fraction of sp³-hybridized carbons (Fsp3) is 0.500. The first-order valence-electron chi connectivity index (χ1n) is 5.17. The monoisotopic (exact) mass is 259 g/mol. The van der Waals surface area contributed by atoms with Crippen molar-refractivity contribution >= 4 is 18.2 Å². The van der Waals surface area contributed by atoms with Crippen LogP contribution in [-0.4, -0.2) is 66.2 Å². The van der Waals surface area contributed by atoms with Crippen molar-refractivity contribution in [2.45, 2.75) is 6.04 Å². The van der Waals surface area contributed by atoms with Crippen LogP contribution in [0.4, 0.5) is 0 Å². The number of nitrogens with zero attached hydrogens (tertiary/aromatic N) is 1. The number of hydrogen-bond acceptors (Lipinski definition) is 6. The van der Waals surface area contributed by atoms with Crippen LogP contribution in [-0.2, 0) is 14.4 Å². The molecule has 0 aromatic carbocycles. The van der Waals surface area contributed by atoms with Crippen LogP contribution in [0.15, 0.2) is 12.3 Å². The number of nitrogens with one attached hydrogen (secondary N) is 2. The Bertz CT molecular complexity index is 315. The Morgan fingerprint density at radius 3 is 2.44 bits per heavy atom. The van der Waals surface area contributed by atoms with Crippen molar-refractivity contribution in [1.82, 2.24) is 15.5 Å². The zero-order chi connectivity index (χ0) is 14.0. The van der Waals surface area contributed by atoms with Gasteiger partial charge in [0, 0.05) is 19.3 Å². The first kappa shape index (κ1) is 16.1. The molecule has 0 atom stereocenters. The predicted octanol–water partition coefficient (Wildman–Crippen LogP) is -2.83. The molecule has 0 unspecified atom stereocenters. The molecule has 0 saturated carbocycles. The highest BCUT2D eigenvalue weighted by molar-refractivity contribution is 5.94. The van der Waals surface area contributed by atoms with E-state index in [-0.39, 0.29) is 26.2 Å². The molecule has 0 bridgehead atoms. The number of aliphatic hydroxyl groups is 2. The molecule has 0 heterocycles. The zero-order valence-electron chi connectivity index (χ0n) is 10.00. The SMILES string of the molecule is CN(/C=C\C(=O)NC=O)CC(=O)NC(CO)CO. The van der Waals surface area contributed by atoms with E-state index >= 15 is 0 Å². The highest BCUT2D eigenvalue weighted by Gasteiger charge is 2.10. The van der Waals surface area contributed by atoms with E-state index in [0.29, 0.717) is 0 Å². The van der Waals surface area contributed by atoms with Gasteiger partial charge in [0.15, 0.2) is 0 Å². The number of amides is 3. The van der Waals surface area contributed by atoms with E-state index in [2.05, 4.69) is 5.32 Å². The fourth-order valence-corrected chi connectivity index (χ4v) is 1.00. The Morgan fingerprint density at radius 1 is 1.33 bits per heavy atom. The number of imide groups is 1. The van der Waals surface area contributed by atoms with Gasteiger partial charge in [-0.05, 0) is 0 Å². The Kier molecular flexibility index (Phi) is 8.16. The lowest BCUT2D eigenvalue weighted by Gasteiger charge is -2.17. The van der Waals surface area contributed by atoms with Gasteiger partial charge >= 0.3 is 0 Å². The third-order valence-electron chi connectivity index (χ3n) is 1.88. The molecule has 102 valence electrons. The molecule has 3 amide bonds. The number of aliphatic hydroxyl groups excluding tert-OH is 2. The molecule has 8 heteroatoms. The van der Waals surface area contributed by atoms with Gasteiger partial charge in [0.1, 0.15) is 0 Å². The van der Waals surface area contributed by atoms with Crippen LogP contribution in [0.2, 0.25) is 0 Å². The molecule has 0 spiro atoms. The van der Waals surface area contributed by atoms with Crippen molar-refractivity contribution in [2.24, 2.45) is 0 Å². The van der Waals surface area contributed by atoms with E-state index in [0.717, 1.165) is 6.08 Å². The lowest BCUT2D eigenvalue weighted by molar-refractivity contribution is -0.123. The van der Waals surface area contributed by atoms with Crippen LogP contribution < -0.4 is 10.6 Å². The van der Waals surface area contributed by atoms with E-state index in [4.69, 9.17) is 10.2 Å². The van der Waals surface area contributed by atoms with Crippen LogP contribution in [0.5, 0.6) is 0 Å². The second kappa shape index (κ2) is 9.14. The summed E-state index contributed by atoms with van der Waals surface area (Å²) in [6.45, 7) is -0.769. The highest BCUT2D eigenvalue weighted by Crippen LogP contribution is 1.87. The maximum atomic E-state index is 11.4. The summed E-state index contributed by atoms with van der Waals surface area (Å²) in [5.41, 5.74) is 0. The van der Waals surface area contributed by atoms with Crippen LogP contribution in [0, 0.1) is 0 Å². The molecule has 0 aliphatic heterocycles. The van der Waals surface area contributed by atoms with Gasteiger partial charge in [-0.3, -0.25) is 19.7 Å². The first-order valence-corrected chi connectivity index (χ1v) is 5.17. The standard InChI is InChI=1S/C10H17N3O5/c1-13(3-2-9(17)11-7-16)4-10(18)12-8(5-14)6-15/h2-3,7-8,14-15H,4-6H2,1H3,(H,12,18)(H,11,16,17)/b3-2-. The minimum Gasteiger partial charge on any atom is -0.394 e. The van der Waals surface area contributed by atoms with Gasteiger partial charge in [0.05, 0.1) is 25.8 Å². The lowest BCUT2D eigenvalue weighted by atomic mass is 10.3. The Morgan fingerprint density at radius 2 is 1.94 bits per heavy atom. The molecule has 0 aliphatic rings. The summed E-state index contributed by atoms with van der Waals surface area (Å²) in [6.07, 6.45) is 2.68. The van der Waals surface area contributed by atoms with Crippen LogP contribution in [0.25, 0.3) is 0 Å². The van der Waals surface area contributed by atoms with Crippen molar-refractivity contribution in [3.05, 3.63) is 12.3 Å². The summed E-state index contributed by atoms with van der Waals surface area (Å²) < 4.78 is 0. The molecular formula is C10H17N3O5. The van der Waals surface area contributed by atoms with Gasteiger partial charge in [-0.2, -0.15) is 0 Å². The minimum absolute atomic E-state index is 0.0542. The average Bonchev–Trinajstić information content (AvgIpc) is 2.33. The Hall–Kier alpha value is -1.93. The number of carbonyl (C=O) groups is 3. The van der Waals surface area contributed by atoms with E-state index in [1.54, 1.807) is 7.05 Å². The van der Waals surface area contributed by atoms with Gasteiger partial charge in [0.25, 0.3) is 5.91 Å². The van der Waals surface area contributed by atoms with Crippen molar-refractivity contribution in [3.8, 4) is 0 Å². The Labute approximate surface area is 104 Å². The summed E-state index contributed by atoms with van der Waals surface area (Å²) in [4.78, 5) is 33.6. The molecule has 0 aromatic heterocycles. The number of hydrogen-bond donors (Lipinski definition) is 4. The van der Waals surface area contributed by atoms with Crippen molar-refractivity contribution in [1.29, 1.82) is 0 Å². The number of rotatable bonds is 8. The fourth-order valence-electron chi connectivity index (χ4n) is 1.00. The molecule has 0 radical (unpaired) electrons. The molecule has 8 nitrogen and oxygen atoms in total. The molecule has 0 aromatic rings. The van der Waals surface area contributed by atoms with Crippen molar-refractivity contribution in [2.75, 3.05) is 26.8 Å². The molecule has 4 N–H and O–H groups in total. The van der Waals surface area contributed by atoms with Crippen molar-refractivity contribution in [3.63, 3.8) is 0 Å². The van der Waals surface area contributed by atoms with Gasteiger partial charge in [-0.1, -0.05) is 0 Å². The summed E-state index contributed by atoms with van der Waals surface area (Å²) >= 11 is 0. The largest absolute Gasteiger partial charge is 0.394 e. The number of likely N-dealkylation sites (N-methyl/N-ethyl adjacent to an activating group) is 1. The maximum Gasteiger partial charge on any atom is 0.251 e. The van der Waals surface area contributed by atoms with E-state index in [1.807, 2.05) is 5.32 Å². The van der Waals surface area contributed by atoms with Crippen LogP contribution in [0.3, 0.4) is 0 Å². The normalized spacial score (nSPS) is 10.4. The summed E-state index contributed by atoms with van der Waals surface area (Å²) in [7, 11) is 1.55. The minimum atomic E-state index is -0.701. The zero-order valence-corrected chi connectivity index (χ0v) is 10.00. The second-order valence-corrected chi connectivity index (χ2v) is 3.49. The molecule has 18 heavy (non-hydrogen) atoms. The van der Waals surface area contributed by atoms with E-state index < -0.39 is 17.9 Å². The summed E-state index contributed by atoms with van der Waals surface area (Å²) in [5, 5.41) is 21.8. The third kappa shape index (κ3) is 7.36. The smallest absolute Gasteiger partial charge is 0.251 e. The second-order valence-electron chi connectivity index (χ2n) is 3.49. The van der Waals surface area contributed by atoms with E-state index in [9.17, 15) is 14.4 Å². The molecule has 0 aliphatic carbocycles. The van der Waals surface area contributed by atoms with Crippen LogP contribution >= 0.6 is 0 Å². The topological polar surface area (TPSA) is 119 Å². The van der Waals surface area contributed by atoms with Gasteiger partial charge < -0.3 is 20.4 Å². The maximum absolute atomic E-state index is 11.4. The van der Waals surface area contributed by atoms with Crippen molar-refractivity contribution < 1.29 is 24.6 Å². The Balaban J connectivity index is 4.07. The average molecular weight is 259 g/mol. The predicted molar refractivity (Wildman–Crippen MR) is 62.1 cm³/mol. The molecule has 0 fully saturated rings. The lowest BCUT2D eigenvalue weighted by Crippen LogP contribution is -2.43. The van der Waals surface area contributed by atoms with Gasteiger partial charge in [-0.15, -0.1) is 0 Å². The van der Waals surface area contributed by atoms with Gasteiger partial charge in [-0.25, -0.2) is 0 Å². The number of carbonyl (C=O) groups excluding carboxylic acids is 3. The molecule has 0 rings (SSSR count). The van der Waals surface area contributed by atoms with Crippen LogP contribution in [0.1, 0.15) is 0 Å². The molecular weight excluding hydrogens is 242 g/mol. The molecule has 0 saturated heterocycles. The quantitative estimate of drug-likeness (QED) is 0.276. The third-order valence-corrected chi connectivity index (χ3v) is 1.88. The van der Waals surface area contributed by atoms with E-state index in [1.165, 1.54) is 11.1 Å². The summed E-state index contributed by atoms with van der Waals surface area (Å²) in [5.74, 6) is -1.01. The highest BCUT2D eigenvalue weighted by atomic mass is 16.3.